The second-order valence-corrected chi connectivity index (χ2v) is 5.30. The van der Waals surface area contributed by atoms with Gasteiger partial charge < -0.3 is 10.6 Å². The molecular formula is C16H21N9. The van der Waals surface area contributed by atoms with E-state index in [-0.39, 0.29) is 0 Å². The molecule has 9 nitrogen and oxygen atoms in total. The largest absolute Gasteiger partial charge is 0.357 e. The second-order valence-electron chi connectivity index (χ2n) is 5.30. The van der Waals surface area contributed by atoms with Gasteiger partial charge in [0.2, 0.25) is 0 Å². The molecule has 0 saturated carbocycles. The first-order valence-corrected chi connectivity index (χ1v) is 8.07. The van der Waals surface area contributed by atoms with Crippen LogP contribution < -0.4 is 10.6 Å². The number of aliphatic imine (C=N–C) groups is 1. The van der Waals surface area contributed by atoms with Crippen molar-refractivity contribution in [2.24, 2.45) is 12.0 Å². The van der Waals surface area contributed by atoms with Gasteiger partial charge in [0, 0.05) is 19.3 Å². The van der Waals surface area contributed by atoms with Crippen LogP contribution in [-0.4, -0.2) is 42.0 Å². The van der Waals surface area contributed by atoms with E-state index in [9.17, 15) is 0 Å². The van der Waals surface area contributed by atoms with Crippen LogP contribution in [0.15, 0.2) is 48.0 Å². The number of benzene rings is 1. The van der Waals surface area contributed by atoms with Gasteiger partial charge in [-0.2, -0.15) is 5.10 Å². The number of nitrogens with one attached hydrogen (secondary N) is 2. The van der Waals surface area contributed by atoms with E-state index in [2.05, 4.69) is 35.9 Å². The highest BCUT2D eigenvalue weighted by Crippen LogP contribution is 2.08. The standard InChI is InChI=1S/C16H21N9/c1-3-17-16(18-9-14-20-11-22-24(14)2)19-10-15-23-21-12-25(15)13-7-5-4-6-8-13/h4-8,11-12H,3,9-10H2,1-2H3,(H2,17,18,19). The van der Waals surface area contributed by atoms with Crippen molar-refractivity contribution in [2.75, 3.05) is 6.54 Å². The fourth-order valence-electron chi connectivity index (χ4n) is 2.30. The van der Waals surface area contributed by atoms with Crippen molar-refractivity contribution in [2.45, 2.75) is 20.0 Å². The predicted octanol–water partition coefficient (Wildman–Crippen LogP) is 0.651. The topological polar surface area (TPSA) is 97.8 Å². The molecule has 0 spiro atoms. The second kappa shape index (κ2) is 8.04. The van der Waals surface area contributed by atoms with Crippen molar-refractivity contribution in [1.29, 1.82) is 0 Å². The Bertz CT molecular complexity index is 819. The van der Waals surface area contributed by atoms with Crippen LogP contribution in [0.25, 0.3) is 5.69 Å². The molecular weight excluding hydrogens is 318 g/mol. The van der Waals surface area contributed by atoms with Crippen molar-refractivity contribution in [1.82, 2.24) is 40.2 Å². The van der Waals surface area contributed by atoms with Gasteiger partial charge in [0.05, 0.1) is 6.54 Å². The third-order valence-corrected chi connectivity index (χ3v) is 3.59. The maximum atomic E-state index is 4.53. The Morgan fingerprint density at radius 1 is 1.16 bits per heavy atom. The quantitative estimate of drug-likeness (QED) is 0.505. The molecule has 0 aliphatic carbocycles. The number of hydrogen-bond donors (Lipinski definition) is 2. The monoisotopic (exact) mass is 339 g/mol. The summed E-state index contributed by atoms with van der Waals surface area (Å²) in [7, 11) is 1.85. The number of guanidine groups is 1. The Hall–Kier alpha value is -3.23. The van der Waals surface area contributed by atoms with Crippen molar-refractivity contribution < 1.29 is 0 Å². The molecule has 0 unspecified atom stereocenters. The van der Waals surface area contributed by atoms with Crippen molar-refractivity contribution in [3.05, 3.63) is 54.6 Å². The summed E-state index contributed by atoms with van der Waals surface area (Å²) in [5, 5.41) is 18.7. The van der Waals surface area contributed by atoms with Gasteiger partial charge in [0.25, 0.3) is 0 Å². The minimum atomic E-state index is 0.442. The normalized spacial score (nSPS) is 11.5. The molecule has 0 bridgehead atoms. The molecule has 0 aliphatic heterocycles. The zero-order chi connectivity index (χ0) is 17.5. The summed E-state index contributed by atoms with van der Waals surface area (Å²) < 4.78 is 3.65. The molecule has 0 aliphatic rings. The molecule has 1 aromatic carbocycles. The molecule has 0 amide bonds. The Morgan fingerprint density at radius 2 is 2.00 bits per heavy atom. The highest BCUT2D eigenvalue weighted by molar-refractivity contribution is 5.79. The van der Waals surface area contributed by atoms with Gasteiger partial charge in [0.15, 0.2) is 11.8 Å². The van der Waals surface area contributed by atoms with E-state index in [1.807, 2.05) is 48.9 Å². The van der Waals surface area contributed by atoms with Crippen LogP contribution in [0.1, 0.15) is 18.6 Å². The summed E-state index contributed by atoms with van der Waals surface area (Å²) in [6, 6.07) is 9.98. The first-order chi connectivity index (χ1) is 12.3. The summed E-state index contributed by atoms with van der Waals surface area (Å²) in [5.74, 6) is 2.29. The Morgan fingerprint density at radius 3 is 2.72 bits per heavy atom. The lowest BCUT2D eigenvalue weighted by Gasteiger charge is -2.12. The van der Waals surface area contributed by atoms with Crippen molar-refractivity contribution >= 4 is 5.96 Å². The smallest absolute Gasteiger partial charge is 0.192 e. The van der Waals surface area contributed by atoms with Gasteiger partial charge in [-0.3, -0.25) is 9.25 Å². The summed E-state index contributed by atoms with van der Waals surface area (Å²) in [6.45, 7) is 3.72. The van der Waals surface area contributed by atoms with E-state index in [4.69, 9.17) is 0 Å². The van der Waals surface area contributed by atoms with Crippen LogP contribution in [0.5, 0.6) is 0 Å². The van der Waals surface area contributed by atoms with Gasteiger partial charge in [-0.1, -0.05) is 18.2 Å². The molecule has 130 valence electrons. The molecule has 0 atom stereocenters. The highest BCUT2D eigenvalue weighted by atomic mass is 15.3. The molecule has 0 radical (unpaired) electrons. The van der Waals surface area contributed by atoms with Crippen LogP contribution in [0.4, 0.5) is 0 Å². The zero-order valence-corrected chi connectivity index (χ0v) is 14.3. The number of hydrogen-bond acceptors (Lipinski definition) is 5. The number of para-hydroxylation sites is 1. The van der Waals surface area contributed by atoms with Crippen molar-refractivity contribution in [3.8, 4) is 5.69 Å². The highest BCUT2D eigenvalue weighted by Gasteiger charge is 2.07. The summed E-state index contributed by atoms with van der Waals surface area (Å²) >= 11 is 0. The van der Waals surface area contributed by atoms with Gasteiger partial charge >= 0.3 is 0 Å². The average molecular weight is 339 g/mol. The molecule has 2 aromatic heterocycles. The minimum absolute atomic E-state index is 0.442. The third kappa shape index (κ3) is 4.19. The van der Waals surface area contributed by atoms with E-state index in [1.54, 1.807) is 11.0 Å². The number of nitrogens with zero attached hydrogens (tertiary/aromatic N) is 7. The number of rotatable bonds is 6. The zero-order valence-electron chi connectivity index (χ0n) is 14.3. The summed E-state index contributed by atoms with van der Waals surface area (Å²) in [5.41, 5.74) is 1.02. The lowest BCUT2D eigenvalue weighted by Crippen LogP contribution is -2.37. The van der Waals surface area contributed by atoms with Gasteiger partial charge in [-0.25, -0.2) is 9.98 Å². The molecule has 2 heterocycles. The fraction of sp³-hybridized carbons (Fsp3) is 0.312. The van der Waals surface area contributed by atoms with Crippen molar-refractivity contribution in [3.63, 3.8) is 0 Å². The van der Waals surface area contributed by atoms with Gasteiger partial charge in [-0.15, -0.1) is 10.2 Å². The van der Waals surface area contributed by atoms with Crippen LogP contribution in [0, 0.1) is 0 Å². The summed E-state index contributed by atoms with van der Waals surface area (Å²) in [6.07, 6.45) is 3.23. The van der Waals surface area contributed by atoms with Crippen LogP contribution in [-0.2, 0) is 20.1 Å². The molecule has 3 aromatic rings. The molecule has 0 fully saturated rings. The van der Waals surface area contributed by atoms with Crippen LogP contribution in [0.3, 0.4) is 0 Å². The predicted molar refractivity (Wildman–Crippen MR) is 94.0 cm³/mol. The SMILES string of the molecule is CCNC(=NCc1ncnn1C)NCc1nncn1-c1ccccc1. The first kappa shape index (κ1) is 16.6. The Kier molecular flexibility index (Phi) is 5.35. The van der Waals surface area contributed by atoms with Gasteiger partial charge in [-0.05, 0) is 19.1 Å². The van der Waals surface area contributed by atoms with E-state index in [0.717, 1.165) is 23.9 Å². The van der Waals surface area contributed by atoms with Crippen LogP contribution >= 0.6 is 0 Å². The first-order valence-electron chi connectivity index (χ1n) is 8.07. The van der Waals surface area contributed by atoms with Gasteiger partial charge in [0.1, 0.15) is 25.0 Å². The molecule has 9 heteroatoms. The lowest BCUT2D eigenvalue weighted by molar-refractivity contribution is 0.695. The third-order valence-electron chi connectivity index (χ3n) is 3.59. The van der Waals surface area contributed by atoms with E-state index >= 15 is 0 Å². The molecule has 3 rings (SSSR count). The Balaban J connectivity index is 1.68. The average Bonchev–Trinajstić information content (AvgIpc) is 3.27. The maximum Gasteiger partial charge on any atom is 0.192 e. The number of aromatic nitrogens is 6. The molecule has 25 heavy (non-hydrogen) atoms. The fourth-order valence-corrected chi connectivity index (χ4v) is 2.30. The lowest BCUT2D eigenvalue weighted by atomic mass is 10.3. The minimum Gasteiger partial charge on any atom is -0.357 e. The van der Waals surface area contributed by atoms with E-state index < -0.39 is 0 Å². The van der Waals surface area contributed by atoms with E-state index in [1.165, 1.54) is 6.33 Å². The summed E-state index contributed by atoms with van der Waals surface area (Å²) in [4.78, 5) is 8.71. The number of aryl methyl sites for hydroxylation is 1. The Labute approximate surface area is 145 Å². The van der Waals surface area contributed by atoms with Crippen LogP contribution in [0.2, 0.25) is 0 Å². The maximum absolute atomic E-state index is 4.53. The molecule has 2 N–H and O–H groups in total. The van der Waals surface area contributed by atoms with E-state index in [0.29, 0.717) is 19.0 Å². The molecule has 0 saturated heterocycles.